The molecule has 0 aromatic carbocycles. The lowest BCUT2D eigenvalue weighted by molar-refractivity contribution is -0.0521. The molecule has 170 valence electrons. The summed E-state index contributed by atoms with van der Waals surface area (Å²) in [5, 5.41) is 14.9. The highest BCUT2D eigenvalue weighted by atomic mass is 16.3. The lowest BCUT2D eigenvalue weighted by atomic mass is 9.90. The van der Waals surface area contributed by atoms with E-state index in [9.17, 15) is 9.90 Å². The number of aliphatic hydroxyl groups excluding tert-OH is 1. The molecular formula is C24H36N4O3. The number of carbonyl (C=O) groups is 1. The maximum Gasteiger partial charge on any atom is 0.271 e. The van der Waals surface area contributed by atoms with Crippen LogP contribution in [0.1, 0.15) is 68.8 Å². The van der Waals surface area contributed by atoms with Gasteiger partial charge in [0.2, 0.25) is 0 Å². The summed E-state index contributed by atoms with van der Waals surface area (Å²) >= 11 is 0. The number of amides is 1. The third-order valence-corrected chi connectivity index (χ3v) is 7.72. The van der Waals surface area contributed by atoms with Gasteiger partial charge >= 0.3 is 0 Å². The van der Waals surface area contributed by atoms with Crippen molar-refractivity contribution in [3.05, 3.63) is 24.1 Å². The van der Waals surface area contributed by atoms with Crippen LogP contribution in [0, 0.1) is 0 Å². The molecule has 5 rings (SSSR count). The largest absolute Gasteiger partial charge is 0.463 e. The fourth-order valence-electron chi connectivity index (χ4n) is 5.82. The Hall–Kier alpha value is -1.83. The van der Waals surface area contributed by atoms with Crippen molar-refractivity contribution in [3.63, 3.8) is 0 Å². The van der Waals surface area contributed by atoms with Gasteiger partial charge in [0.15, 0.2) is 5.58 Å². The average molecular weight is 429 g/mol. The molecule has 1 saturated carbocycles. The second kappa shape index (κ2) is 8.60. The van der Waals surface area contributed by atoms with Gasteiger partial charge in [0, 0.05) is 24.7 Å². The van der Waals surface area contributed by atoms with Gasteiger partial charge in [-0.3, -0.25) is 10.1 Å². The summed E-state index contributed by atoms with van der Waals surface area (Å²) in [5.74, 6) is -0.00827. The van der Waals surface area contributed by atoms with Crippen LogP contribution in [-0.4, -0.2) is 69.4 Å². The zero-order valence-electron chi connectivity index (χ0n) is 18.7. The number of nitrogens with zero attached hydrogens (tertiary/aromatic N) is 3. The fraction of sp³-hybridized carbons (Fsp3) is 0.708. The summed E-state index contributed by atoms with van der Waals surface area (Å²) in [4.78, 5) is 18.0. The minimum absolute atomic E-state index is 0.00827. The van der Waals surface area contributed by atoms with Crippen molar-refractivity contribution in [1.82, 2.24) is 19.7 Å². The molecule has 0 bridgehead atoms. The zero-order valence-corrected chi connectivity index (χ0v) is 18.7. The average Bonchev–Trinajstić information content (AvgIpc) is 3.50. The van der Waals surface area contributed by atoms with Crippen LogP contribution >= 0.6 is 0 Å². The number of furan rings is 1. The standard InChI is InChI=1S/C24H36N4O3/c1-24(23(30)25-18-8-3-2-4-9-18)17-27-19-10-15-31-21(19)16-20(27)22(29)28(24)14-7-13-26-11-5-6-12-26/h10,15-16,18,23,25,30H,2-9,11-14,17H2,1H3. The number of aromatic nitrogens is 1. The van der Waals surface area contributed by atoms with E-state index in [-0.39, 0.29) is 5.91 Å². The highest BCUT2D eigenvalue weighted by Crippen LogP contribution is 2.34. The van der Waals surface area contributed by atoms with E-state index in [2.05, 4.69) is 10.2 Å². The van der Waals surface area contributed by atoms with Gasteiger partial charge in [0.05, 0.1) is 23.9 Å². The summed E-state index contributed by atoms with van der Waals surface area (Å²) in [6.45, 7) is 6.58. The number of carbonyl (C=O) groups excluding carboxylic acids is 1. The summed E-state index contributed by atoms with van der Waals surface area (Å²) in [7, 11) is 0. The van der Waals surface area contributed by atoms with Crippen LogP contribution in [-0.2, 0) is 6.54 Å². The molecule has 1 aliphatic carbocycles. The zero-order chi connectivity index (χ0) is 21.4. The normalized spacial score (nSPS) is 26.6. The summed E-state index contributed by atoms with van der Waals surface area (Å²) < 4.78 is 7.61. The first kappa shape index (κ1) is 21.0. The first-order valence-corrected chi connectivity index (χ1v) is 12.1. The van der Waals surface area contributed by atoms with Gasteiger partial charge in [-0.25, -0.2) is 0 Å². The number of fused-ring (bicyclic) bond motifs is 3. The van der Waals surface area contributed by atoms with E-state index in [1.54, 1.807) is 6.26 Å². The number of aliphatic hydroxyl groups is 1. The molecule has 2 atom stereocenters. The maximum absolute atomic E-state index is 13.6. The lowest BCUT2D eigenvalue weighted by Crippen LogP contribution is -2.67. The van der Waals surface area contributed by atoms with Gasteiger partial charge in [-0.15, -0.1) is 0 Å². The number of hydrogen-bond donors (Lipinski definition) is 2. The van der Waals surface area contributed by atoms with Gasteiger partial charge in [0.1, 0.15) is 11.9 Å². The highest BCUT2D eigenvalue weighted by Gasteiger charge is 2.47. The molecule has 2 fully saturated rings. The Morgan fingerprint density at radius 1 is 1.19 bits per heavy atom. The van der Waals surface area contributed by atoms with E-state index >= 15 is 0 Å². The molecule has 7 nitrogen and oxygen atoms in total. The smallest absolute Gasteiger partial charge is 0.271 e. The summed E-state index contributed by atoms with van der Waals surface area (Å²) in [6.07, 6.45) is 10.2. The molecule has 2 aromatic rings. The van der Waals surface area contributed by atoms with Crippen molar-refractivity contribution in [2.24, 2.45) is 0 Å². The third-order valence-electron chi connectivity index (χ3n) is 7.72. The molecule has 0 spiro atoms. The molecule has 2 unspecified atom stereocenters. The summed E-state index contributed by atoms with van der Waals surface area (Å²) in [6, 6.07) is 4.09. The molecular weight excluding hydrogens is 392 g/mol. The van der Waals surface area contributed by atoms with Crippen LogP contribution in [0.3, 0.4) is 0 Å². The van der Waals surface area contributed by atoms with E-state index < -0.39 is 11.8 Å². The molecule has 0 radical (unpaired) electrons. The summed E-state index contributed by atoms with van der Waals surface area (Å²) in [5.41, 5.74) is 1.61. The molecule has 2 N–H and O–H groups in total. The van der Waals surface area contributed by atoms with E-state index in [1.165, 1.54) is 32.1 Å². The van der Waals surface area contributed by atoms with Gasteiger partial charge < -0.3 is 23.9 Å². The second-order valence-electron chi connectivity index (χ2n) is 9.91. The molecule has 4 heterocycles. The van der Waals surface area contributed by atoms with Crippen molar-refractivity contribution >= 4 is 17.0 Å². The quantitative estimate of drug-likeness (QED) is 0.663. The number of hydrogen-bond acceptors (Lipinski definition) is 5. The Balaban J connectivity index is 1.39. The Morgan fingerprint density at radius 3 is 2.74 bits per heavy atom. The molecule has 31 heavy (non-hydrogen) atoms. The molecule has 3 aliphatic rings. The molecule has 7 heteroatoms. The Labute approximate surface area is 184 Å². The second-order valence-corrected chi connectivity index (χ2v) is 9.91. The molecule has 1 saturated heterocycles. The predicted octanol–water partition coefficient (Wildman–Crippen LogP) is 3.18. The van der Waals surface area contributed by atoms with E-state index in [1.807, 2.05) is 28.5 Å². The molecule has 1 amide bonds. The minimum Gasteiger partial charge on any atom is -0.463 e. The van der Waals surface area contributed by atoms with Gasteiger partial charge in [-0.1, -0.05) is 19.3 Å². The maximum atomic E-state index is 13.6. The number of likely N-dealkylation sites (tertiary alicyclic amines) is 1. The van der Waals surface area contributed by atoms with E-state index in [0.717, 1.165) is 50.0 Å². The Bertz CT molecular complexity index is 909. The van der Waals surface area contributed by atoms with Gasteiger partial charge in [0.25, 0.3) is 5.91 Å². The topological polar surface area (TPSA) is 73.9 Å². The van der Waals surface area contributed by atoms with E-state index in [4.69, 9.17) is 4.42 Å². The van der Waals surface area contributed by atoms with Crippen LogP contribution in [0.2, 0.25) is 0 Å². The van der Waals surface area contributed by atoms with Crippen LogP contribution in [0.15, 0.2) is 22.8 Å². The predicted molar refractivity (Wildman–Crippen MR) is 120 cm³/mol. The minimum atomic E-state index is -0.774. The highest BCUT2D eigenvalue weighted by molar-refractivity contribution is 5.99. The first-order valence-electron chi connectivity index (χ1n) is 12.1. The SMILES string of the molecule is CC1(C(O)NC2CCCCC2)Cn2c(cc3occc32)C(=O)N1CCCN1CCCC1. The van der Waals surface area contributed by atoms with Crippen LogP contribution in [0.5, 0.6) is 0 Å². The van der Waals surface area contributed by atoms with Crippen LogP contribution in [0.4, 0.5) is 0 Å². The van der Waals surface area contributed by atoms with Gasteiger partial charge in [-0.2, -0.15) is 0 Å². The van der Waals surface area contributed by atoms with Crippen LogP contribution in [0.25, 0.3) is 11.1 Å². The van der Waals surface area contributed by atoms with Gasteiger partial charge in [-0.05, 0) is 58.7 Å². The third kappa shape index (κ3) is 3.92. The first-order chi connectivity index (χ1) is 15.1. The van der Waals surface area contributed by atoms with Crippen LogP contribution < -0.4 is 5.32 Å². The Kier molecular flexibility index (Phi) is 5.84. The van der Waals surface area contributed by atoms with Crippen molar-refractivity contribution in [1.29, 1.82) is 0 Å². The Morgan fingerprint density at radius 2 is 1.97 bits per heavy atom. The monoisotopic (exact) mass is 428 g/mol. The molecule has 2 aliphatic heterocycles. The van der Waals surface area contributed by atoms with Crippen molar-refractivity contribution in [2.75, 3.05) is 26.2 Å². The van der Waals surface area contributed by atoms with Crippen molar-refractivity contribution in [3.8, 4) is 0 Å². The fourth-order valence-corrected chi connectivity index (χ4v) is 5.82. The number of rotatable bonds is 7. The van der Waals surface area contributed by atoms with E-state index in [0.29, 0.717) is 24.8 Å². The molecule has 2 aromatic heterocycles. The van der Waals surface area contributed by atoms with Crippen molar-refractivity contribution < 1.29 is 14.3 Å². The number of nitrogens with one attached hydrogen (secondary N) is 1. The van der Waals surface area contributed by atoms with Crippen molar-refractivity contribution in [2.45, 2.75) is 82.6 Å². The lowest BCUT2D eigenvalue weighted by Gasteiger charge is -2.49.